The Balaban J connectivity index is 1.93. The van der Waals surface area contributed by atoms with E-state index in [1.54, 1.807) is 11.3 Å². The average Bonchev–Trinajstić information content (AvgIpc) is 2.82. The summed E-state index contributed by atoms with van der Waals surface area (Å²) in [4.78, 5) is 11.7. The van der Waals surface area contributed by atoms with E-state index >= 15 is 0 Å². The first-order valence-corrected chi connectivity index (χ1v) is 6.71. The smallest absolute Gasteiger partial charge is 0.228 e. The van der Waals surface area contributed by atoms with Crippen LogP contribution in [0.1, 0.15) is 11.1 Å². The number of halogens is 1. The van der Waals surface area contributed by atoms with E-state index in [-0.39, 0.29) is 5.91 Å². The van der Waals surface area contributed by atoms with E-state index in [0.29, 0.717) is 12.3 Å². The lowest BCUT2D eigenvalue weighted by Gasteiger charge is -2.04. The van der Waals surface area contributed by atoms with Gasteiger partial charge in [0.15, 0.2) is 0 Å². The van der Waals surface area contributed by atoms with E-state index in [9.17, 15) is 4.79 Å². The van der Waals surface area contributed by atoms with Crippen molar-refractivity contribution in [2.45, 2.75) is 12.3 Å². The predicted octanol–water partition coefficient (Wildman–Crippen LogP) is 3.67. The van der Waals surface area contributed by atoms with E-state index in [0.717, 1.165) is 16.8 Å². The summed E-state index contributed by atoms with van der Waals surface area (Å²) >= 11 is 7.29. The van der Waals surface area contributed by atoms with Gasteiger partial charge in [0.25, 0.3) is 0 Å². The van der Waals surface area contributed by atoms with Crippen molar-refractivity contribution in [2.24, 2.45) is 0 Å². The Labute approximate surface area is 109 Å². The summed E-state index contributed by atoms with van der Waals surface area (Å²) < 4.78 is 0. The number of rotatable bonds is 4. The molecule has 0 atom stereocenters. The van der Waals surface area contributed by atoms with Crippen molar-refractivity contribution in [1.82, 2.24) is 0 Å². The maximum absolute atomic E-state index is 11.7. The summed E-state index contributed by atoms with van der Waals surface area (Å²) in [5, 5.41) is 6.81. The molecule has 1 amide bonds. The molecule has 0 aliphatic rings. The molecule has 1 aromatic heterocycles. The van der Waals surface area contributed by atoms with Crippen molar-refractivity contribution >= 4 is 34.5 Å². The number of thiophene rings is 1. The standard InChI is InChI=1S/C13H12ClNOS/c14-8-10-1-3-12(4-2-10)15-13(16)7-11-5-6-17-9-11/h1-6,9H,7-8H2,(H,15,16). The SMILES string of the molecule is O=C(Cc1ccsc1)Nc1ccc(CCl)cc1. The molecule has 0 aliphatic heterocycles. The van der Waals surface area contributed by atoms with Crippen molar-refractivity contribution in [2.75, 3.05) is 5.32 Å². The van der Waals surface area contributed by atoms with Crippen LogP contribution in [0.5, 0.6) is 0 Å². The van der Waals surface area contributed by atoms with Crippen molar-refractivity contribution in [3.63, 3.8) is 0 Å². The van der Waals surface area contributed by atoms with Crippen molar-refractivity contribution in [3.05, 3.63) is 52.2 Å². The highest BCUT2D eigenvalue weighted by Crippen LogP contribution is 2.12. The van der Waals surface area contributed by atoms with Crippen LogP contribution < -0.4 is 5.32 Å². The summed E-state index contributed by atoms with van der Waals surface area (Å²) in [6.07, 6.45) is 0.417. The summed E-state index contributed by atoms with van der Waals surface area (Å²) in [6.45, 7) is 0. The second-order valence-corrected chi connectivity index (χ2v) is 4.73. The van der Waals surface area contributed by atoms with E-state index in [1.165, 1.54) is 0 Å². The molecular weight excluding hydrogens is 254 g/mol. The van der Waals surface area contributed by atoms with Gasteiger partial charge in [-0.2, -0.15) is 11.3 Å². The van der Waals surface area contributed by atoms with Crippen LogP contribution in [0.4, 0.5) is 5.69 Å². The molecule has 2 rings (SSSR count). The molecule has 0 spiro atoms. The first-order valence-electron chi connectivity index (χ1n) is 5.24. The number of hydrogen-bond donors (Lipinski definition) is 1. The van der Waals surface area contributed by atoms with E-state index in [2.05, 4.69) is 5.32 Å². The zero-order valence-electron chi connectivity index (χ0n) is 9.15. The maximum atomic E-state index is 11.7. The molecule has 0 saturated carbocycles. The highest BCUT2D eigenvalue weighted by Gasteiger charge is 2.04. The third-order valence-electron chi connectivity index (χ3n) is 2.34. The van der Waals surface area contributed by atoms with E-state index in [1.807, 2.05) is 41.1 Å². The number of amides is 1. The van der Waals surface area contributed by atoms with Gasteiger partial charge in [-0.25, -0.2) is 0 Å². The van der Waals surface area contributed by atoms with Crippen molar-refractivity contribution in [1.29, 1.82) is 0 Å². The number of nitrogens with one attached hydrogen (secondary N) is 1. The minimum Gasteiger partial charge on any atom is -0.326 e. The number of benzene rings is 1. The Morgan fingerprint density at radius 3 is 2.53 bits per heavy atom. The van der Waals surface area contributed by atoms with Gasteiger partial charge < -0.3 is 5.32 Å². The molecule has 0 saturated heterocycles. The second-order valence-electron chi connectivity index (χ2n) is 3.69. The zero-order chi connectivity index (χ0) is 12.1. The lowest BCUT2D eigenvalue weighted by Crippen LogP contribution is -2.13. The average molecular weight is 266 g/mol. The minimum atomic E-state index is 0.00187. The molecule has 1 aromatic carbocycles. The lowest BCUT2D eigenvalue weighted by atomic mass is 10.2. The van der Waals surface area contributed by atoms with Gasteiger partial charge in [-0.3, -0.25) is 4.79 Å². The van der Waals surface area contributed by atoms with Crippen LogP contribution >= 0.6 is 22.9 Å². The van der Waals surface area contributed by atoms with Gasteiger partial charge in [-0.15, -0.1) is 11.6 Å². The van der Waals surface area contributed by atoms with Crippen molar-refractivity contribution < 1.29 is 4.79 Å². The van der Waals surface area contributed by atoms with Crippen LogP contribution in [-0.4, -0.2) is 5.91 Å². The molecule has 2 aromatic rings. The first-order chi connectivity index (χ1) is 8.28. The minimum absolute atomic E-state index is 0.00187. The third kappa shape index (κ3) is 3.58. The number of carbonyl (C=O) groups excluding carboxylic acids is 1. The molecule has 0 radical (unpaired) electrons. The fourth-order valence-electron chi connectivity index (χ4n) is 1.46. The molecule has 0 fully saturated rings. The maximum Gasteiger partial charge on any atom is 0.228 e. The first kappa shape index (κ1) is 12.1. The molecule has 0 aliphatic carbocycles. The van der Waals surface area contributed by atoms with Gasteiger partial charge >= 0.3 is 0 Å². The molecule has 4 heteroatoms. The van der Waals surface area contributed by atoms with Crippen LogP contribution in [0.15, 0.2) is 41.1 Å². The van der Waals surface area contributed by atoms with Crippen LogP contribution in [0.3, 0.4) is 0 Å². The quantitative estimate of drug-likeness (QED) is 0.840. The molecule has 1 heterocycles. The van der Waals surface area contributed by atoms with Gasteiger partial charge in [-0.05, 0) is 40.1 Å². The normalized spacial score (nSPS) is 10.2. The van der Waals surface area contributed by atoms with Crippen LogP contribution in [0, 0.1) is 0 Å². The highest BCUT2D eigenvalue weighted by molar-refractivity contribution is 7.08. The summed E-state index contributed by atoms with van der Waals surface area (Å²) in [5.74, 6) is 0.491. The van der Waals surface area contributed by atoms with Crippen LogP contribution in [-0.2, 0) is 17.1 Å². The molecule has 0 bridgehead atoms. The number of alkyl halides is 1. The second kappa shape index (κ2) is 5.84. The number of anilines is 1. The lowest BCUT2D eigenvalue weighted by molar-refractivity contribution is -0.115. The number of carbonyl (C=O) groups is 1. The molecular formula is C13H12ClNOS. The van der Waals surface area contributed by atoms with E-state index < -0.39 is 0 Å². The van der Waals surface area contributed by atoms with Gasteiger partial charge in [0.2, 0.25) is 5.91 Å². The van der Waals surface area contributed by atoms with Crippen molar-refractivity contribution in [3.8, 4) is 0 Å². The fourth-order valence-corrected chi connectivity index (χ4v) is 2.31. The highest BCUT2D eigenvalue weighted by atomic mass is 35.5. The Bertz CT molecular complexity index is 479. The van der Waals surface area contributed by atoms with Gasteiger partial charge in [-0.1, -0.05) is 12.1 Å². The van der Waals surface area contributed by atoms with Gasteiger partial charge in [0.1, 0.15) is 0 Å². The number of hydrogen-bond acceptors (Lipinski definition) is 2. The predicted molar refractivity (Wildman–Crippen MR) is 72.7 cm³/mol. The largest absolute Gasteiger partial charge is 0.326 e. The molecule has 1 N–H and O–H groups in total. The van der Waals surface area contributed by atoms with Gasteiger partial charge in [0, 0.05) is 11.6 Å². The molecule has 2 nitrogen and oxygen atoms in total. The molecule has 88 valence electrons. The molecule has 17 heavy (non-hydrogen) atoms. The summed E-state index contributed by atoms with van der Waals surface area (Å²) in [5.41, 5.74) is 2.89. The Hall–Kier alpha value is -1.32. The summed E-state index contributed by atoms with van der Waals surface area (Å²) in [6, 6.07) is 9.51. The topological polar surface area (TPSA) is 29.1 Å². The third-order valence-corrected chi connectivity index (χ3v) is 3.38. The molecule has 0 unspecified atom stereocenters. The monoisotopic (exact) mass is 265 g/mol. The fraction of sp³-hybridized carbons (Fsp3) is 0.154. The zero-order valence-corrected chi connectivity index (χ0v) is 10.7. The Morgan fingerprint density at radius 2 is 1.94 bits per heavy atom. The van der Waals surface area contributed by atoms with Gasteiger partial charge in [0.05, 0.1) is 6.42 Å². The van der Waals surface area contributed by atoms with Crippen LogP contribution in [0.2, 0.25) is 0 Å². The Kier molecular flexibility index (Phi) is 4.18. The summed E-state index contributed by atoms with van der Waals surface area (Å²) in [7, 11) is 0. The van der Waals surface area contributed by atoms with Crippen LogP contribution in [0.25, 0.3) is 0 Å². The van der Waals surface area contributed by atoms with E-state index in [4.69, 9.17) is 11.6 Å². The Morgan fingerprint density at radius 1 is 1.18 bits per heavy atom.